The van der Waals surface area contributed by atoms with Crippen LogP contribution in [0, 0.1) is 5.92 Å². The van der Waals surface area contributed by atoms with Gasteiger partial charge < -0.3 is 20.0 Å². The first-order chi connectivity index (χ1) is 16.1. The van der Waals surface area contributed by atoms with Crippen LogP contribution in [0.4, 0.5) is 11.4 Å². The predicted molar refractivity (Wildman–Crippen MR) is 129 cm³/mol. The molecule has 0 radical (unpaired) electrons. The number of pyridine rings is 1. The summed E-state index contributed by atoms with van der Waals surface area (Å²) >= 11 is 5.93. The average Bonchev–Trinajstić information content (AvgIpc) is 3.50. The summed E-state index contributed by atoms with van der Waals surface area (Å²) < 4.78 is 5.81. The van der Waals surface area contributed by atoms with E-state index in [9.17, 15) is 9.59 Å². The van der Waals surface area contributed by atoms with Crippen LogP contribution in [0.25, 0.3) is 11.1 Å². The third-order valence-corrected chi connectivity index (χ3v) is 6.98. The molecule has 0 atom stereocenters. The molecule has 3 heterocycles. The second-order valence-electron chi connectivity index (χ2n) is 8.86. The van der Waals surface area contributed by atoms with Gasteiger partial charge >= 0.3 is 0 Å². The van der Waals surface area contributed by atoms with Crippen LogP contribution in [0.3, 0.4) is 0 Å². The number of carbonyl (C=O) groups is 2. The Labute approximate surface area is 197 Å². The van der Waals surface area contributed by atoms with E-state index in [1.807, 2.05) is 0 Å². The van der Waals surface area contributed by atoms with Crippen molar-refractivity contribution in [3.8, 4) is 0 Å². The lowest BCUT2D eigenvalue weighted by molar-refractivity contribution is -0.121. The third kappa shape index (κ3) is 4.75. The lowest BCUT2D eigenvalue weighted by Gasteiger charge is -2.33. The molecule has 5 rings (SSSR count). The number of nitrogens with zero attached hydrogens (tertiary/aromatic N) is 2. The van der Waals surface area contributed by atoms with Gasteiger partial charge in [-0.1, -0.05) is 11.6 Å². The molecule has 2 amide bonds. The van der Waals surface area contributed by atoms with E-state index in [1.54, 1.807) is 42.6 Å². The van der Waals surface area contributed by atoms with E-state index in [2.05, 4.69) is 20.5 Å². The number of furan rings is 1. The number of hydrogen-bond acceptors (Lipinski definition) is 5. The van der Waals surface area contributed by atoms with Crippen LogP contribution < -0.4 is 10.6 Å². The van der Waals surface area contributed by atoms with Crippen LogP contribution in [-0.2, 0) is 4.79 Å². The number of fused-ring (bicyclic) bond motifs is 1. The molecule has 2 aromatic heterocycles. The first-order valence-electron chi connectivity index (χ1n) is 11.6. The highest BCUT2D eigenvalue weighted by Crippen LogP contribution is 2.33. The van der Waals surface area contributed by atoms with Gasteiger partial charge in [0.05, 0.1) is 0 Å². The molecule has 1 saturated carbocycles. The predicted octanol–water partition coefficient (Wildman–Crippen LogP) is 5.33. The van der Waals surface area contributed by atoms with Crippen molar-refractivity contribution < 1.29 is 14.0 Å². The number of rotatable bonds is 5. The van der Waals surface area contributed by atoms with E-state index in [0.29, 0.717) is 33.5 Å². The van der Waals surface area contributed by atoms with E-state index < -0.39 is 5.91 Å². The SMILES string of the molecule is O=C(Nc1ccc(Cl)cc1)c1oc2cccnc2c1NC(=O)C1CCC(N2CCCC2)CC1. The first kappa shape index (κ1) is 21.9. The Balaban J connectivity index is 1.32. The summed E-state index contributed by atoms with van der Waals surface area (Å²) in [5, 5.41) is 6.35. The number of aromatic nitrogens is 1. The topological polar surface area (TPSA) is 87.5 Å². The van der Waals surface area contributed by atoms with Crippen LogP contribution in [-0.4, -0.2) is 40.8 Å². The normalized spacial score (nSPS) is 21.2. The van der Waals surface area contributed by atoms with E-state index in [0.717, 1.165) is 25.7 Å². The molecule has 8 heteroatoms. The fourth-order valence-corrected chi connectivity index (χ4v) is 5.09. The molecular weight excluding hydrogens is 440 g/mol. The quantitative estimate of drug-likeness (QED) is 0.530. The molecule has 2 aliphatic rings. The fourth-order valence-electron chi connectivity index (χ4n) is 4.96. The second-order valence-corrected chi connectivity index (χ2v) is 9.29. The minimum Gasteiger partial charge on any atom is -0.447 e. The smallest absolute Gasteiger partial charge is 0.293 e. The van der Waals surface area contributed by atoms with Crippen molar-refractivity contribution in [3.63, 3.8) is 0 Å². The Hall–Kier alpha value is -2.90. The van der Waals surface area contributed by atoms with Gasteiger partial charge in [0.1, 0.15) is 11.2 Å². The summed E-state index contributed by atoms with van der Waals surface area (Å²) in [6.07, 6.45) is 7.95. The third-order valence-electron chi connectivity index (χ3n) is 6.73. The van der Waals surface area contributed by atoms with Gasteiger partial charge in [-0.2, -0.15) is 0 Å². The maximum Gasteiger partial charge on any atom is 0.293 e. The van der Waals surface area contributed by atoms with Gasteiger partial charge in [0, 0.05) is 28.9 Å². The summed E-state index contributed by atoms with van der Waals surface area (Å²) in [4.78, 5) is 33.1. The van der Waals surface area contributed by atoms with Gasteiger partial charge in [-0.3, -0.25) is 14.6 Å². The van der Waals surface area contributed by atoms with Crippen molar-refractivity contribution >= 4 is 45.9 Å². The molecule has 1 aliphatic heterocycles. The van der Waals surface area contributed by atoms with Crippen LogP contribution in [0.2, 0.25) is 5.02 Å². The van der Waals surface area contributed by atoms with Gasteiger partial charge in [-0.05, 0) is 88.0 Å². The van der Waals surface area contributed by atoms with Gasteiger partial charge in [0.15, 0.2) is 5.58 Å². The zero-order valence-electron chi connectivity index (χ0n) is 18.4. The lowest BCUT2D eigenvalue weighted by atomic mass is 9.85. The molecule has 3 aromatic rings. The molecule has 7 nitrogen and oxygen atoms in total. The average molecular weight is 467 g/mol. The first-order valence-corrected chi connectivity index (χ1v) is 12.0. The Morgan fingerprint density at radius 2 is 1.73 bits per heavy atom. The molecule has 1 aliphatic carbocycles. The Morgan fingerprint density at radius 1 is 1.00 bits per heavy atom. The zero-order chi connectivity index (χ0) is 22.8. The lowest BCUT2D eigenvalue weighted by Crippen LogP contribution is -2.38. The Bertz CT molecular complexity index is 1150. The van der Waals surface area contributed by atoms with Gasteiger partial charge in [0.25, 0.3) is 5.91 Å². The summed E-state index contributed by atoms with van der Waals surface area (Å²) in [5.41, 5.74) is 1.82. The van der Waals surface area contributed by atoms with E-state index in [4.69, 9.17) is 16.0 Å². The molecule has 0 bridgehead atoms. The van der Waals surface area contributed by atoms with Gasteiger partial charge in [0.2, 0.25) is 11.7 Å². The standard InChI is InChI=1S/C25H27ClN4O3/c26-17-7-9-18(10-8-17)28-25(32)23-22(21-20(33-23)4-3-13-27-21)29-24(31)16-5-11-19(12-6-16)30-14-1-2-15-30/h3-4,7-10,13,16,19H,1-2,5-6,11-12,14-15H2,(H,28,32)(H,29,31). The van der Waals surface area contributed by atoms with Crippen molar-refractivity contribution in [1.29, 1.82) is 0 Å². The van der Waals surface area contributed by atoms with E-state index >= 15 is 0 Å². The molecule has 1 saturated heterocycles. The van der Waals surface area contributed by atoms with Crippen LogP contribution in [0.15, 0.2) is 47.0 Å². The van der Waals surface area contributed by atoms with Crippen LogP contribution in [0.1, 0.15) is 49.1 Å². The molecule has 2 N–H and O–H groups in total. The monoisotopic (exact) mass is 466 g/mol. The molecular formula is C25H27ClN4O3. The molecule has 0 unspecified atom stereocenters. The maximum atomic E-state index is 13.2. The highest BCUT2D eigenvalue weighted by atomic mass is 35.5. The van der Waals surface area contributed by atoms with Crippen molar-refractivity contribution in [1.82, 2.24) is 9.88 Å². The number of amides is 2. The fraction of sp³-hybridized carbons (Fsp3) is 0.400. The highest BCUT2D eigenvalue weighted by molar-refractivity contribution is 6.30. The minimum atomic E-state index is -0.455. The largest absolute Gasteiger partial charge is 0.447 e. The van der Waals surface area contributed by atoms with E-state index in [1.165, 1.54) is 25.9 Å². The number of carbonyl (C=O) groups excluding carboxylic acids is 2. The Morgan fingerprint density at radius 3 is 2.45 bits per heavy atom. The number of anilines is 2. The molecule has 172 valence electrons. The number of hydrogen-bond donors (Lipinski definition) is 2. The van der Waals surface area contributed by atoms with E-state index in [-0.39, 0.29) is 17.6 Å². The number of halogens is 1. The zero-order valence-corrected chi connectivity index (χ0v) is 19.1. The number of likely N-dealkylation sites (tertiary alicyclic amines) is 1. The summed E-state index contributed by atoms with van der Waals surface area (Å²) in [7, 11) is 0. The van der Waals surface area contributed by atoms with Crippen molar-refractivity contribution in [2.75, 3.05) is 23.7 Å². The summed E-state index contributed by atoms with van der Waals surface area (Å²) in [6.45, 7) is 2.36. The van der Waals surface area contributed by atoms with Crippen molar-refractivity contribution in [2.45, 2.75) is 44.6 Å². The number of benzene rings is 1. The second kappa shape index (κ2) is 9.53. The van der Waals surface area contributed by atoms with Gasteiger partial charge in [-0.15, -0.1) is 0 Å². The molecule has 33 heavy (non-hydrogen) atoms. The minimum absolute atomic E-state index is 0.0396. The van der Waals surface area contributed by atoms with Crippen LogP contribution >= 0.6 is 11.6 Å². The number of nitrogens with one attached hydrogen (secondary N) is 2. The van der Waals surface area contributed by atoms with Crippen molar-refractivity contribution in [2.24, 2.45) is 5.92 Å². The molecule has 0 spiro atoms. The molecule has 2 fully saturated rings. The Kier molecular flexibility index (Phi) is 6.33. The molecule has 1 aromatic carbocycles. The summed E-state index contributed by atoms with van der Waals surface area (Å²) in [5.74, 6) is -0.574. The highest BCUT2D eigenvalue weighted by Gasteiger charge is 2.32. The van der Waals surface area contributed by atoms with Gasteiger partial charge in [-0.25, -0.2) is 0 Å². The van der Waals surface area contributed by atoms with Crippen LogP contribution in [0.5, 0.6) is 0 Å². The summed E-state index contributed by atoms with van der Waals surface area (Å²) in [6, 6.07) is 10.9. The van der Waals surface area contributed by atoms with Crippen molar-refractivity contribution in [3.05, 3.63) is 53.4 Å². The maximum absolute atomic E-state index is 13.2.